The van der Waals surface area contributed by atoms with Gasteiger partial charge in [-0.05, 0) is 91.3 Å². The summed E-state index contributed by atoms with van der Waals surface area (Å²) in [7, 11) is 0. The summed E-state index contributed by atoms with van der Waals surface area (Å²) in [6, 6.07) is 0. The third kappa shape index (κ3) is 3.20. The fraction of sp³-hybridized carbons (Fsp3) is 0.871. The molecule has 5 heteroatoms. The lowest BCUT2D eigenvalue weighted by molar-refractivity contribution is -0.235. The molecule has 36 heavy (non-hydrogen) atoms. The van der Waals surface area contributed by atoms with Crippen LogP contribution in [0.1, 0.15) is 106 Å². The van der Waals surface area contributed by atoms with Crippen LogP contribution >= 0.6 is 0 Å². The molecular weight excluding hydrogens is 452 g/mol. The maximum atomic E-state index is 14.3. The van der Waals surface area contributed by atoms with E-state index in [1.165, 1.54) is 12.0 Å². The molecule has 0 unspecified atom stereocenters. The van der Waals surface area contributed by atoms with E-state index in [1.54, 1.807) is 0 Å². The van der Waals surface area contributed by atoms with Gasteiger partial charge in [0.1, 0.15) is 5.78 Å². The Kier molecular flexibility index (Phi) is 5.64. The summed E-state index contributed by atoms with van der Waals surface area (Å²) < 4.78 is 0. The number of aliphatic hydroxyl groups excluding tert-OH is 2. The minimum atomic E-state index is -1.05. The van der Waals surface area contributed by atoms with Crippen molar-refractivity contribution in [1.82, 2.24) is 0 Å². The maximum absolute atomic E-state index is 14.3. The summed E-state index contributed by atoms with van der Waals surface area (Å²) in [5.41, 5.74) is -0.357. The van der Waals surface area contributed by atoms with Crippen LogP contribution in [0.25, 0.3) is 0 Å². The molecule has 0 aliphatic heterocycles. The number of allylic oxidation sites excluding steroid dienone is 2. The maximum Gasteiger partial charge on any atom is 0.304 e. The van der Waals surface area contributed by atoms with Crippen molar-refractivity contribution in [1.29, 1.82) is 0 Å². The number of fused-ring (bicyclic) bond motifs is 7. The first-order chi connectivity index (χ1) is 16.4. The van der Waals surface area contributed by atoms with E-state index in [2.05, 4.69) is 47.6 Å². The minimum absolute atomic E-state index is 0.0197. The number of carboxylic acid groups (broad SMARTS) is 1. The normalized spacial score (nSPS) is 53.9. The molecule has 4 saturated carbocycles. The standard InChI is InChI=1S/C31H48O5/c1-26(2)12-13-27(3)16-23(33)31(7)18(19(27)14-26)8-9-22-28(4)15-20(32)25(36)29(5,17-24(34)35)21(28)10-11-30(22,31)6/h8,19-22,25,32,36H,9-17H2,1-7H3,(H,34,35)/t19-,20-,21+,22+,25-,27+,28-,29-,30+,31-/m0/s1. The molecule has 3 N–H and O–H groups in total. The van der Waals surface area contributed by atoms with Crippen LogP contribution in [-0.2, 0) is 9.59 Å². The lowest BCUT2D eigenvalue weighted by atomic mass is 9.33. The van der Waals surface area contributed by atoms with E-state index < -0.39 is 29.0 Å². The molecule has 5 rings (SSSR count). The van der Waals surface area contributed by atoms with E-state index in [4.69, 9.17) is 0 Å². The fourth-order valence-corrected chi connectivity index (χ4v) is 10.9. The van der Waals surface area contributed by atoms with Crippen LogP contribution in [0, 0.1) is 50.2 Å². The van der Waals surface area contributed by atoms with Crippen LogP contribution < -0.4 is 0 Å². The minimum Gasteiger partial charge on any atom is -0.481 e. The first kappa shape index (κ1) is 26.4. The summed E-state index contributed by atoms with van der Waals surface area (Å²) >= 11 is 0. The molecule has 0 aromatic rings. The van der Waals surface area contributed by atoms with Crippen molar-refractivity contribution in [3.8, 4) is 0 Å². The second kappa shape index (κ2) is 7.68. The molecule has 5 aliphatic rings. The second-order valence-corrected chi connectivity index (χ2v) is 15.6. The topological polar surface area (TPSA) is 94.8 Å². The average Bonchev–Trinajstić information content (AvgIpc) is 2.74. The van der Waals surface area contributed by atoms with Gasteiger partial charge in [-0.15, -0.1) is 0 Å². The Morgan fingerprint density at radius 3 is 2.28 bits per heavy atom. The van der Waals surface area contributed by atoms with Gasteiger partial charge in [0.2, 0.25) is 0 Å². The molecule has 0 aromatic carbocycles. The molecule has 0 bridgehead atoms. The van der Waals surface area contributed by atoms with Crippen LogP contribution in [0.4, 0.5) is 0 Å². The van der Waals surface area contributed by atoms with Crippen molar-refractivity contribution in [2.75, 3.05) is 0 Å². The Labute approximate surface area is 217 Å². The highest BCUT2D eigenvalue weighted by Crippen LogP contribution is 2.75. The fourth-order valence-electron chi connectivity index (χ4n) is 10.9. The largest absolute Gasteiger partial charge is 0.481 e. The van der Waals surface area contributed by atoms with Crippen molar-refractivity contribution < 1.29 is 24.9 Å². The van der Waals surface area contributed by atoms with Crippen LogP contribution in [0.2, 0.25) is 0 Å². The van der Waals surface area contributed by atoms with Gasteiger partial charge in [-0.3, -0.25) is 9.59 Å². The first-order valence-electron chi connectivity index (χ1n) is 14.3. The summed E-state index contributed by atoms with van der Waals surface area (Å²) in [5, 5.41) is 31.9. The predicted octanol–water partition coefficient (Wildman–Crippen LogP) is 5.77. The van der Waals surface area contributed by atoms with Gasteiger partial charge >= 0.3 is 5.97 Å². The number of hydrogen-bond donors (Lipinski definition) is 3. The van der Waals surface area contributed by atoms with Gasteiger partial charge in [0, 0.05) is 11.8 Å². The highest BCUT2D eigenvalue weighted by atomic mass is 16.4. The monoisotopic (exact) mass is 500 g/mol. The molecule has 5 nitrogen and oxygen atoms in total. The molecule has 0 saturated heterocycles. The zero-order valence-electron chi connectivity index (χ0n) is 23.5. The van der Waals surface area contributed by atoms with E-state index >= 15 is 0 Å². The predicted molar refractivity (Wildman–Crippen MR) is 139 cm³/mol. The van der Waals surface area contributed by atoms with Gasteiger partial charge in [0.25, 0.3) is 0 Å². The van der Waals surface area contributed by atoms with Crippen LogP contribution in [-0.4, -0.2) is 39.3 Å². The molecule has 0 spiro atoms. The third-order valence-electron chi connectivity index (χ3n) is 13.1. The van der Waals surface area contributed by atoms with E-state index in [9.17, 15) is 24.9 Å². The van der Waals surface area contributed by atoms with Crippen LogP contribution in [0.5, 0.6) is 0 Å². The number of aliphatic carboxylic acids is 1. The van der Waals surface area contributed by atoms with Crippen molar-refractivity contribution in [2.24, 2.45) is 50.2 Å². The van der Waals surface area contributed by atoms with Gasteiger partial charge in [0.05, 0.1) is 24.0 Å². The zero-order chi connectivity index (χ0) is 26.7. The molecule has 202 valence electrons. The first-order valence-corrected chi connectivity index (χ1v) is 14.3. The van der Waals surface area contributed by atoms with Crippen molar-refractivity contribution in [3.05, 3.63) is 11.6 Å². The van der Waals surface area contributed by atoms with Crippen molar-refractivity contribution >= 4 is 11.8 Å². The SMILES string of the molecule is CC1(C)CC[C@]2(C)CC(=O)[C@]3(C)C(=CC[C@@H]4[C@@]5(C)C[C@H](O)[C@H](O)[C@@](C)(CC(=O)O)[C@@H]5CC[C@]43C)[C@@H]2C1. The van der Waals surface area contributed by atoms with Crippen molar-refractivity contribution in [3.63, 3.8) is 0 Å². The zero-order valence-corrected chi connectivity index (χ0v) is 23.5. The Bertz CT molecular complexity index is 1010. The molecule has 0 amide bonds. The van der Waals surface area contributed by atoms with E-state index in [0.29, 0.717) is 24.5 Å². The molecule has 0 aromatic heterocycles. The Hall–Kier alpha value is -1.20. The lowest BCUT2D eigenvalue weighted by Gasteiger charge is -2.71. The highest BCUT2D eigenvalue weighted by Gasteiger charge is 2.71. The Balaban J connectivity index is 1.62. The Morgan fingerprint density at radius 2 is 1.64 bits per heavy atom. The van der Waals surface area contributed by atoms with E-state index in [1.807, 2.05) is 6.92 Å². The molecule has 0 radical (unpaired) electrons. The van der Waals surface area contributed by atoms with Gasteiger partial charge in [-0.1, -0.05) is 53.2 Å². The average molecular weight is 501 g/mol. The van der Waals surface area contributed by atoms with Crippen LogP contribution in [0.3, 0.4) is 0 Å². The van der Waals surface area contributed by atoms with Gasteiger partial charge in [0.15, 0.2) is 0 Å². The smallest absolute Gasteiger partial charge is 0.304 e. The van der Waals surface area contributed by atoms with Gasteiger partial charge in [-0.2, -0.15) is 0 Å². The number of carbonyl (C=O) groups is 2. The van der Waals surface area contributed by atoms with Crippen LogP contribution in [0.15, 0.2) is 11.6 Å². The third-order valence-corrected chi connectivity index (χ3v) is 13.1. The second-order valence-electron chi connectivity index (χ2n) is 15.6. The van der Waals surface area contributed by atoms with Crippen molar-refractivity contribution in [2.45, 2.75) is 118 Å². The highest BCUT2D eigenvalue weighted by molar-refractivity contribution is 5.91. The number of carboxylic acids is 1. The summed E-state index contributed by atoms with van der Waals surface area (Å²) in [5.74, 6) is 0.00148. The number of carbonyl (C=O) groups excluding carboxylic acids is 1. The van der Waals surface area contributed by atoms with E-state index in [0.717, 1.165) is 32.1 Å². The van der Waals surface area contributed by atoms with E-state index in [-0.39, 0.29) is 39.9 Å². The Morgan fingerprint density at radius 1 is 0.972 bits per heavy atom. The molecular formula is C31H48O5. The summed E-state index contributed by atoms with van der Waals surface area (Å²) in [6.45, 7) is 15.7. The molecule has 0 heterocycles. The number of ketones is 1. The molecule has 10 atom stereocenters. The number of rotatable bonds is 2. The molecule has 4 fully saturated rings. The van der Waals surface area contributed by atoms with Gasteiger partial charge in [-0.25, -0.2) is 0 Å². The number of Topliss-reactive ketones (excluding diaryl/α,β-unsaturated/α-hetero) is 1. The quantitative estimate of drug-likeness (QED) is 0.418. The summed E-state index contributed by atoms with van der Waals surface area (Å²) in [4.78, 5) is 26.2. The summed E-state index contributed by atoms with van der Waals surface area (Å²) in [6.07, 6.45) is 7.22. The molecule has 5 aliphatic carbocycles. The number of hydrogen-bond acceptors (Lipinski definition) is 4. The lowest BCUT2D eigenvalue weighted by Crippen LogP contribution is -2.68. The number of aliphatic hydroxyl groups is 2. The van der Waals surface area contributed by atoms with Gasteiger partial charge < -0.3 is 15.3 Å².